The second kappa shape index (κ2) is 4.68. The summed E-state index contributed by atoms with van der Waals surface area (Å²) in [6.07, 6.45) is 1.44. The smallest absolute Gasteiger partial charge is 0.317 e. The Morgan fingerprint density at radius 3 is 3.21 bits per heavy atom. The Kier molecular flexibility index (Phi) is 3.28. The van der Waals surface area contributed by atoms with Crippen LogP contribution in [0.15, 0.2) is 6.20 Å². The fraction of sp³-hybridized carbons (Fsp3) is 0.222. The second-order valence-electron chi connectivity index (χ2n) is 2.33. The van der Waals surface area contributed by atoms with Crippen molar-refractivity contribution in [2.24, 2.45) is 0 Å². The monoisotopic (exact) mass is 189 g/mol. The van der Waals surface area contributed by atoms with Crippen molar-refractivity contribution in [3.8, 4) is 17.9 Å². The maximum Gasteiger partial charge on any atom is 0.317 e. The molecular weight excluding hydrogens is 182 g/mol. The minimum absolute atomic E-state index is 0.00650. The van der Waals surface area contributed by atoms with Crippen LogP contribution in [0.1, 0.15) is 17.7 Å². The molecule has 5 heteroatoms. The molecular formula is C9H7N3O2. The summed E-state index contributed by atoms with van der Waals surface area (Å²) in [7, 11) is 1.29. The van der Waals surface area contributed by atoms with Crippen molar-refractivity contribution in [3.63, 3.8) is 0 Å². The number of rotatable bonds is 1. The van der Waals surface area contributed by atoms with E-state index in [9.17, 15) is 4.79 Å². The van der Waals surface area contributed by atoms with E-state index in [0.29, 0.717) is 11.3 Å². The van der Waals surface area contributed by atoms with Crippen LogP contribution in [0.3, 0.4) is 0 Å². The number of esters is 1. The molecule has 1 rings (SSSR count). The van der Waals surface area contributed by atoms with E-state index in [1.807, 2.05) is 6.07 Å². The first-order chi connectivity index (χ1) is 6.77. The molecule has 0 saturated heterocycles. The first kappa shape index (κ1) is 9.82. The number of aromatic nitrogens is 2. The molecule has 1 N–H and O–H groups in total. The zero-order valence-corrected chi connectivity index (χ0v) is 7.50. The van der Waals surface area contributed by atoms with Gasteiger partial charge in [0.15, 0.2) is 5.69 Å². The Bertz CT molecular complexity index is 431. The molecule has 0 fully saturated rings. The molecule has 1 aromatic heterocycles. The van der Waals surface area contributed by atoms with Gasteiger partial charge in [-0.1, -0.05) is 11.8 Å². The highest BCUT2D eigenvalue weighted by Gasteiger charge is 1.99. The highest BCUT2D eigenvalue weighted by molar-refractivity contribution is 5.72. The van der Waals surface area contributed by atoms with Gasteiger partial charge in [-0.3, -0.25) is 9.89 Å². The normalized spacial score (nSPS) is 8.29. The van der Waals surface area contributed by atoms with Crippen LogP contribution in [0.2, 0.25) is 0 Å². The van der Waals surface area contributed by atoms with Crippen molar-refractivity contribution in [1.29, 1.82) is 5.26 Å². The van der Waals surface area contributed by atoms with Crippen LogP contribution in [0.25, 0.3) is 0 Å². The first-order valence-corrected chi connectivity index (χ1v) is 3.77. The average Bonchev–Trinajstić information content (AvgIpc) is 2.65. The van der Waals surface area contributed by atoms with Gasteiger partial charge in [-0.05, 0) is 0 Å². The zero-order chi connectivity index (χ0) is 10.4. The molecule has 0 atom stereocenters. The van der Waals surface area contributed by atoms with Gasteiger partial charge < -0.3 is 4.74 Å². The van der Waals surface area contributed by atoms with E-state index in [1.165, 1.54) is 13.3 Å². The Labute approximate surface area is 80.7 Å². The van der Waals surface area contributed by atoms with Crippen LogP contribution in [-0.4, -0.2) is 23.3 Å². The standard InChI is InChI=1S/C9H7N3O2/c1-14-9(13)4-2-3-7-6-11-12-8(7)5-10/h6H,4H2,1H3,(H,11,12). The molecule has 0 aliphatic carbocycles. The molecule has 0 radical (unpaired) electrons. The van der Waals surface area contributed by atoms with E-state index < -0.39 is 5.97 Å². The number of nitriles is 1. The van der Waals surface area contributed by atoms with Crippen molar-refractivity contribution in [2.45, 2.75) is 6.42 Å². The third-order valence-electron chi connectivity index (χ3n) is 1.43. The maximum absolute atomic E-state index is 10.7. The van der Waals surface area contributed by atoms with Gasteiger partial charge in [0.05, 0.1) is 18.9 Å². The Balaban J connectivity index is 2.69. The third kappa shape index (κ3) is 2.36. The van der Waals surface area contributed by atoms with Gasteiger partial charge in [0, 0.05) is 0 Å². The summed E-state index contributed by atoms with van der Waals surface area (Å²) in [4.78, 5) is 10.7. The fourth-order valence-electron chi connectivity index (χ4n) is 0.750. The summed E-state index contributed by atoms with van der Waals surface area (Å²) in [6, 6.07) is 1.89. The zero-order valence-electron chi connectivity index (χ0n) is 7.50. The van der Waals surface area contributed by atoms with Crippen LogP contribution < -0.4 is 0 Å². The summed E-state index contributed by atoms with van der Waals surface area (Å²) in [5.74, 6) is 4.82. The minimum Gasteiger partial charge on any atom is -0.468 e. The molecule has 0 bridgehead atoms. The number of hydrogen-bond acceptors (Lipinski definition) is 4. The van der Waals surface area contributed by atoms with Crippen molar-refractivity contribution in [2.75, 3.05) is 7.11 Å². The summed E-state index contributed by atoms with van der Waals surface area (Å²) >= 11 is 0. The molecule has 0 aliphatic heterocycles. The molecule has 0 aromatic carbocycles. The van der Waals surface area contributed by atoms with Crippen LogP contribution in [0.5, 0.6) is 0 Å². The highest BCUT2D eigenvalue weighted by Crippen LogP contribution is 1.99. The SMILES string of the molecule is COC(=O)CC#Cc1cn[nH]c1C#N. The van der Waals surface area contributed by atoms with Gasteiger partial charge in [0.2, 0.25) is 0 Å². The average molecular weight is 189 g/mol. The first-order valence-electron chi connectivity index (χ1n) is 3.77. The van der Waals surface area contributed by atoms with Gasteiger partial charge in [0.1, 0.15) is 12.5 Å². The number of methoxy groups -OCH3 is 1. The Morgan fingerprint density at radius 1 is 1.79 bits per heavy atom. The van der Waals surface area contributed by atoms with E-state index in [1.54, 1.807) is 0 Å². The van der Waals surface area contributed by atoms with Crippen molar-refractivity contribution < 1.29 is 9.53 Å². The van der Waals surface area contributed by atoms with Crippen LogP contribution in [0.4, 0.5) is 0 Å². The number of aromatic amines is 1. The molecule has 5 nitrogen and oxygen atoms in total. The van der Waals surface area contributed by atoms with E-state index in [0.717, 1.165) is 0 Å². The molecule has 0 amide bonds. The highest BCUT2D eigenvalue weighted by atomic mass is 16.5. The lowest BCUT2D eigenvalue weighted by atomic mass is 10.2. The van der Waals surface area contributed by atoms with E-state index in [-0.39, 0.29) is 6.42 Å². The molecule has 0 spiro atoms. The summed E-state index contributed by atoms with van der Waals surface area (Å²) in [5.41, 5.74) is 0.777. The number of nitrogens with zero attached hydrogens (tertiary/aromatic N) is 2. The number of carbonyl (C=O) groups is 1. The van der Waals surface area contributed by atoms with Gasteiger partial charge >= 0.3 is 5.97 Å². The lowest BCUT2D eigenvalue weighted by Crippen LogP contribution is -1.97. The number of ether oxygens (including phenoxy) is 1. The number of hydrogen-bond donors (Lipinski definition) is 1. The molecule has 0 saturated carbocycles. The summed E-state index contributed by atoms with van der Waals surface area (Å²) < 4.78 is 4.40. The molecule has 0 aliphatic rings. The lowest BCUT2D eigenvalue weighted by Gasteiger charge is -1.88. The predicted molar refractivity (Wildman–Crippen MR) is 46.8 cm³/mol. The van der Waals surface area contributed by atoms with Gasteiger partial charge in [0.25, 0.3) is 0 Å². The quantitative estimate of drug-likeness (QED) is 0.505. The van der Waals surface area contributed by atoms with E-state index >= 15 is 0 Å². The van der Waals surface area contributed by atoms with Crippen LogP contribution >= 0.6 is 0 Å². The fourth-order valence-corrected chi connectivity index (χ4v) is 0.750. The number of nitrogens with one attached hydrogen (secondary N) is 1. The van der Waals surface area contributed by atoms with Crippen LogP contribution in [-0.2, 0) is 9.53 Å². The van der Waals surface area contributed by atoms with Gasteiger partial charge in [-0.2, -0.15) is 10.4 Å². The van der Waals surface area contributed by atoms with E-state index in [2.05, 4.69) is 26.8 Å². The Morgan fingerprint density at radius 2 is 2.57 bits per heavy atom. The Hall–Kier alpha value is -2.27. The summed E-state index contributed by atoms with van der Waals surface area (Å²) in [6.45, 7) is 0. The van der Waals surface area contributed by atoms with Crippen LogP contribution in [0, 0.1) is 23.2 Å². The van der Waals surface area contributed by atoms with Gasteiger partial charge in [-0.15, -0.1) is 0 Å². The second-order valence-corrected chi connectivity index (χ2v) is 2.33. The van der Waals surface area contributed by atoms with Gasteiger partial charge in [-0.25, -0.2) is 0 Å². The molecule has 1 aromatic rings. The third-order valence-corrected chi connectivity index (χ3v) is 1.43. The van der Waals surface area contributed by atoms with Crippen molar-refractivity contribution in [1.82, 2.24) is 10.2 Å². The van der Waals surface area contributed by atoms with Crippen molar-refractivity contribution >= 4 is 5.97 Å². The van der Waals surface area contributed by atoms with E-state index in [4.69, 9.17) is 5.26 Å². The molecule has 0 unspecified atom stereocenters. The topological polar surface area (TPSA) is 78.8 Å². The maximum atomic E-state index is 10.7. The largest absolute Gasteiger partial charge is 0.468 e. The molecule has 70 valence electrons. The number of H-pyrrole nitrogens is 1. The predicted octanol–water partition coefficient (Wildman–Crippen LogP) is 0.196. The summed E-state index contributed by atoms with van der Waals surface area (Å²) in [5, 5.41) is 14.7. The number of carbonyl (C=O) groups excluding carboxylic acids is 1. The molecule has 1 heterocycles. The lowest BCUT2D eigenvalue weighted by molar-refractivity contribution is -0.139. The molecule has 14 heavy (non-hydrogen) atoms. The van der Waals surface area contributed by atoms with Crippen molar-refractivity contribution in [3.05, 3.63) is 17.5 Å². The minimum atomic E-state index is -0.403.